The molecular weight excluding hydrogens is 254 g/mol. The average molecular weight is 275 g/mol. The first-order valence-corrected chi connectivity index (χ1v) is 7.42. The number of fused-ring (bicyclic) bond motifs is 2. The second-order valence-electron chi connectivity index (χ2n) is 5.91. The molecule has 2 fully saturated rings. The summed E-state index contributed by atoms with van der Waals surface area (Å²) in [6.07, 6.45) is 5.56. The summed E-state index contributed by atoms with van der Waals surface area (Å²) in [6, 6.07) is 7.25. The second-order valence-corrected chi connectivity index (χ2v) is 5.91. The Morgan fingerprint density at radius 3 is 2.65 bits per heavy atom. The van der Waals surface area contributed by atoms with E-state index in [0.717, 1.165) is 24.1 Å². The lowest BCUT2D eigenvalue weighted by atomic mass is 9.95. The fourth-order valence-electron chi connectivity index (χ4n) is 3.60. The molecule has 0 amide bonds. The van der Waals surface area contributed by atoms with Crippen molar-refractivity contribution in [3.05, 3.63) is 29.8 Å². The highest BCUT2D eigenvalue weighted by Gasteiger charge is 2.38. The Labute approximate surface area is 119 Å². The Morgan fingerprint density at radius 2 is 2.05 bits per heavy atom. The first kappa shape index (κ1) is 13.4. The van der Waals surface area contributed by atoms with Gasteiger partial charge in [-0.1, -0.05) is 6.42 Å². The van der Waals surface area contributed by atoms with Gasteiger partial charge in [-0.05, 0) is 55.4 Å². The van der Waals surface area contributed by atoms with Crippen molar-refractivity contribution in [2.45, 2.75) is 31.7 Å². The Balaban J connectivity index is 1.38. The summed E-state index contributed by atoms with van der Waals surface area (Å²) in [6.45, 7) is 1.48. The van der Waals surface area contributed by atoms with Crippen LogP contribution >= 0.6 is 0 Å². The zero-order valence-electron chi connectivity index (χ0n) is 11.5. The number of nitrogens with one attached hydrogen (secondary N) is 1. The van der Waals surface area contributed by atoms with Gasteiger partial charge in [0.25, 0.3) is 0 Å². The topological polar surface area (TPSA) is 58.6 Å². The van der Waals surface area contributed by atoms with Crippen LogP contribution in [0.25, 0.3) is 0 Å². The number of hydrogen-bond acceptors (Lipinski definition) is 3. The number of carboxylic acid groups (broad SMARTS) is 1. The van der Waals surface area contributed by atoms with Crippen LogP contribution in [0.2, 0.25) is 0 Å². The smallest absolute Gasteiger partial charge is 0.335 e. The molecule has 2 N–H and O–H groups in total. The van der Waals surface area contributed by atoms with Crippen LogP contribution in [0.1, 0.15) is 36.0 Å². The van der Waals surface area contributed by atoms with Gasteiger partial charge in [-0.15, -0.1) is 0 Å². The maximum atomic E-state index is 10.7. The molecule has 3 unspecified atom stereocenters. The summed E-state index contributed by atoms with van der Waals surface area (Å²) in [7, 11) is 0. The lowest BCUT2D eigenvalue weighted by molar-refractivity contribution is 0.0697. The van der Waals surface area contributed by atoms with Crippen molar-refractivity contribution >= 4 is 5.97 Å². The molecule has 1 aromatic carbocycles. The minimum Gasteiger partial charge on any atom is -0.492 e. The molecular formula is C16H21NO3. The zero-order valence-corrected chi connectivity index (χ0v) is 11.5. The fraction of sp³-hybridized carbons (Fsp3) is 0.562. The van der Waals surface area contributed by atoms with E-state index in [0.29, 0.717) is 12.6 Å². The number of rotatable bonds is 6. The van der Waals surface area contributed by atoms with Crippen molar-refractivity contribution in [3.63, 3.8) is 0 Å². The standard InChI is InChI=1S/C16H21NO3/c18-16(19)12-3-5-14(6-4-12)20-8-7-17-15-10-11-1-2-13(15)9-11/h3-6,11,13,15,17H,1-2,7-10H2,(H,18,19). The predicted octanol–water partition coefficient (Wildman–Crippen LogP) is 2.54. The van der Waals surface area contributed by atoms with Crippen LogP contribution in [0.3, 0.4) is 0 Å². The van der Waals surface area contributed by atoms with E-state index < -0.39 is 5.97 Å². The van der Waals surface area contributed by atoms with Crippen molar-refractivity contribution in [2.24, 2.45) is 11.8 Å². The van der Waals surface area contributed by atoms with E-state index in [-0.39, 0.29) is 5.56 Å². The third-order valence-corrected chi connectivity index (χ3v) is 4.62. The van der Waals surface area contributed by atoms with Crippen LogP contribution in [0.15, 0.2) is 24.3 Å². The van der Waals surface area contributed by atoms with Gasteiger partial charge < -0.3 is 15.2 Å². The van der Waals surface area contributed by atoms with Gasteiger partial charge in [-0.3, -0.25) is 0 Å². The molecule has 0 aliphatic heterocycles. The SMILES string of the molecule is O=C(O)c1ccc(OCCNC2CC3CCC2C3)cc1. The number of carboxylic acids is 1. The molecule has 2 aliphatic carbocycles. The van der Waals surface area contributed by atoms with E-state index in [1.165, 1.54) is 25.7 Å². The molecule has 108 valence electrons. The molecule has 4 heteroatoms. The minimum atomic E-state index is -0.908. The molecule has 2 saturated carbocycles. The van der Waals surface area contributed by atoms with Crippen molar-refractivity contribution in [2.75, 3.05) is 13.2 Å². The van der Waals surface area contributed by atoms with Crippen LogP contribution in [-0.2, 0) is 0 Å². The van der Waals surface area contributed by atoms with Crippen LogP contribution in [0.4, 0.5) is 0 Å². The monoisotopic (exact) mass is 275 g/mol. The number of benzene rings is 1. The van der Waals surface area contributed by atoms with Crippen LogP contribution in [0.5, 0.6) is 5.75 Å². The molecule has 2 bridgehead atoms. The number of hydrogen-bond donors (Lipinski definition) is 2. The number of ether oxygens (including phenoxy) is 1. The van der Waals surface area contributed by atoms with E-state index in [1.54, 1.807) is 24.3 Å². The Kier molecular flexibility index (Phi) is 3.92. The summed E-state index contributed by atoms with van der Waals surface area (Å²) < 4.78 is 5.63. The molecule has 0 heterocycles. The average Bonchev–Trinajstić information content (AvgIpc) is 3.06. The number of carbonyl (C=O) groups is 1. The highest BCUT2D eigenvalue weighted by molar-refractivity contribution is 5.87. The molecule has 2 aliphatic rings. The summed E-state index contributed by atoms with van der Waals surface area (Å²) in [5.74, 6) is 1.66. The van der Waals surface area contributed by atoms with Crippen molar-refractivity contribution in [3.8, 4) is 5.75 Å². The van der Waals surface area contributed by atoms with Gasteiger partial charge >= 0.3 is 5.97 Å². The third kappa shape index (κ3) is 2.96. The lowest BCUT2D eigenvalue weighted by Crippen LogP contribution is -2.36. The molecule has 0 radical (unpaired) electrons. The van der Waals surface area contributed by atoms with Gasteiger partial charge in [0, 0.05) is 12.6 Å². The summed E-state index contributed by atoms with van der Waals surface area (Å²) >= 11 is 0. The summed E-state index contributed by atoms with van der Waals surface area (Å²) in [5, 5.41) is 12.4. The zero-order chi connectivity index (χ0) is 13.9. The van der Waals surface area contributed by atoms with Crippen molar-refractivity contribution < 1.29 is 14.6 Å². The van der Waals surface area contributed by atoms with Gasteiger partial charge in [-0.25, -0.2) is 4.79 Å². The summed E-state index contributed by atoms with van der Waals surface area (Å²) in [5.41, 5.74) is 0.289. The van der Waals surface area contributed by atoms with Gasteiger partial charge in [-0.2, -0.15) is 0 Å². The largest absolute Gasteiger partial charge is 0.492 e. The van der Waals surface area contributed by atoms with E-state index >= 15 is 0 Å². The molecule has 4 nitrogen and oxygen atoms in total. The Morgan fingerprint density at radius 1 is 1.25 bits per heavy atom. The molecule has 3 rings (SSSR count). The number of aromatic carboxylic acids is 1. The van der Waals surface area contributed by atoms with E-state index in [2.05, 4.69) is 5.32 Å². The molecule has 3 atom stereocenters. The first-order chi connectivity index (χ1) is 9.72. The Bertz CT molecular complexity index is 471. The van der Waals surface area contributed by atoms with Gasteiger partial charge in [0.2, 0.25) is 0 Å². The third-order valence-electron chi connectivity index (χ3n) is 4.62. The molecule has 0 aromatic heterocycles. The van der Waals surface area contributed by atoms with Gasteiger partial charge in [0.15, 0.2) is 0 Å². The minimum absolute atomic E-state index is 0.289. The van der Waals surface area contributed by atoms with E-state index in [9.17, 15) is 4.79 Å². The van der Waals surface area contributed by atoms with E-state index in [4.69, 9.17) is 9.84 Å². The molecule has 0 saturated heterocycles. The van der Waals surface area contributed by atoms with Gasteiger partial charge in [0.1, 0.15) is 12.4 Å². The van der Waals surface area contributed by atoms with Gasteiger partial charge in [0.05, 0.1) is 5.56 Å². The molecule has 0 spiro atoms. The van der Waals surface area contributed by atoms with Crippen LogP contribution in [0, 0.1) is 11.8 Å². The van der Waals surface area contributed by atoms with Crippen LogP contribution in [-0.4, -0.2) is 30.3 Å². The first-order valence-electron chi connectivity index (χ1n) is 7.42. The Hall–Kier alpha value is -1.55. The molecule has 1 aromatic rings. The van der Waals surface area contributed by atoms with Crippen LogP contribution < -0.4 is 10.1 Å². The fourth-order valence-corrected chi connectivity index (χ4v) is 3.60. The maximum absolute atomic E-state index is 10.7. The highest BCUT2D eigenvalue weighted by atomic mass is 16.5. The predicted molar refractivity (Wildman–Crippen MR) is 76.1 cm³/mol. The highest BCUT2D eigenvalue weighted by Crippen LogP contribution is 2.44. The van der Waals surface area contributed by atoms with Crippen molar-refractivity contribution in [1.29, 1.82) is 0 Å². The quantitative estimate of drug-likeness (QED) is 0.783. The normalized spacial score (nSPS) is 27.7. The summed E-state index contributed by atoms with van der Waals surface area (Å²) in [4.78, 5) is 10.7. The lowest BCUT2D eigenvalue weighted by Gasteiger charge is -2.22. The molecule has 20 heavy (non-hydrogen) atoms. The maximum Gasteiger partial charge on any atom is 0.335 e. The van der Waals surface area contributed by atoms with E-state index in [1.807, 2.05) is 0 Å². The van der Waals surface area contributed by atoms with Crippen molar-refractivity contribution in [1.82, 2.24) is 5.32 Å². The second kappa shape index (κ2) is 5.83.